The van der Waals surface area contributed by atoms with Crippen molar-refractivity contribution < 1.29 is 19.0 Å². The van der Waals surface area contributed by atoms with Crippen molar-refractivity contribution in [2.24, 2.45) is 4.99 Å². The summed E-state index contributed by atoms with van der Waals surface area (Å²) in [7, 11) is 0. The molecule has 0 amide bonds. The summed E-state index contributed by atoms with van der Waals surface area (Å²) >= 11 is 1.29. The molecule has 40 heavy (non-hydrogen) atoms. The molecule has 1 atom stereocenters. The molecule has 0 spiro atoms. The van der Waals surface area contributed by atoms with E-state index in [0.717, 1.165) is 16.9 Å². The molecule has 0 saturated carbocycles. The van der Waals surface area contributed by atoms with Crippen molar-refractivity contribution in [2.45, 2.75) is 26.8 Å². The highest BCUT2D eigenvalue weighted by molar-refractivity contribution is 7.07. The quantitative estimate of drug-likeness (QED) is 0.224. The lowest BCUT2D eigenvalue weighted by molar-refractivity contribution is -0.139. The highest BCUT2D eigenvalue weighted by atomic mass is 32.1. The van der Waals surface area contributed by atoms with Gasteiger partial charge in [0.1, 0.15) is 24.7 Å². The summed E-state index contributed by atoms with van der Waals surface area (Å²) in [5.74, 6) is 1.01. The van der Waals surface area contributed by atoms with E-state index in [9.17, 15) is 9.59 Å². The molecule has 0 N–H and O–H groups in total. The van der Waals surface area contributed by atoms with E-state index in [2.05, 4.69) is 4.99 Å². The number of thiazole rings is 1. The lowest BCUT2D eigenvalue weighted by atomic mass is 9.96. The van der Waals surface area contributed by atoms with E-state index in [-0.39, 0.29) is 12.2 Å². The number of carbonyl (C=O) groups excluding carboxylic acids is 1. The zero-order valence-corrected chi connectivity index (χ0v) is 23.4. The highest BCUT2D eigenvalue weighted by Gasteiger charge is 2.33. The Morgan fingerprint density at radius 3 is 2.40 bits per heavy atom. The Kier molecular flexibility index (Phi) is 8.26. The monoisotopic (exact) mass is 554 g/mol. The van der Waals surface area contributed by atoms with Gasteiger partial charge in [0.25, 0.3) is 5.56 Å². The number of aromatic nitrogens is 1. The van der Waals surface area contributed by atoms with E-state index in [4.69, 9.17) is 14.2 Å². The molecule has 0 aliphatic carbocycles. The first-order chi connectivity index (χ1) is 19.4. The molecule has 5 rings (SSSR count). The maximum absolute atomic E-state index is 13.7. The first-order valence-corrected chi connectivity index (χ1v) is 13.9. The smallest absolute Gasteiger partial charge is 0.338 e. The second-order valence-electron chi connectivity index (χ2n) is 9.30. The van der Waals surface area contributed by atoms with Crippen molar-refractivity contribution in [2.75, 3.05) is 19.8 Å². The molecule has 3 aromatic carbocycles. The average Bonchev–Trinajstić information content (AvgIpc) is 3.26. The van der Waals surface area contributed by atoms with E-state index in [1.165, 1.54) is 16.9 Å². The van der Waals surface area contributed by atoms with Crippen LogP contribution in [0.1, 0.15) is 36.6 Å². The predicted molar refractivity (Wildman–Crippen MR) is 155 cm³/mol. The van der Waals surface area contributed by atoms with Crippen LogP contribution >= 0.6 is 11.3 Å². The fourth-order valence-electron chi connectivity index (χ4n) is 4.54. The molecule has 1 aliphatic heterocycles. The number of fused-ring (bicyclic) bond motifs is 1. The fourth-order valence-corrected chi connectivity index (χ4v) is 5.59. The lowest BCUT2D eigenvalue weighted by Gasteiger charge is -2.24. The van der Waals surface area contributed by atoms with E-state index >= 15 is 0 Å². The molecule has 1 aliphatic rings. The van der Waals surface area contributed by atoms with Gasteiger partial charge in [0.2, 0.25) is 0 Å². The first-order valence-electron chi connectivity index (χ1n) is 13.1. The van der Waals surface area contributed by atoms with Crippen molar-refractivity contribution >= 4 is 23.4 Å². The van der Waals surface area contributed by atoms with E-state index in [1.54, 1.807) is 18.4 Å². The number of allylic oxidation sites excluding steroid dienone is 1. The van der Waals surface area contributed by atoms with Crippen molar-refractivity contribution in [1.82, 2.24) is 4.57 Å². The molecule has 0 saturated heterocycles. The first kappa shape index (κ1) is 27.1. The van der Waals surface area contributed by atoms with Crippen molar-refractivity contribution in [3.05, 3.63) is 127 Å². The van der Waals surface area contributed by atoms with Crippen molar-refractivity contribution in [3.63, 3.8) is 0 Å². The van der Waals surface area contributed by atoms with Crippen molar-refractivity contribution in [3.8, 4) is 11.5 Å². The number of hydrogen-bond acceptors (Lipinski definition) is 7. The van der Waals surface area contributed by atoms with Crippen LogP contribution in [-0.4, -0.2) is 30.4 Å². The molecule has 1 aromatic heterocycles. The summed E-state index contributed by atoms with van der Waals surface area (Å²) in [6.07, 6.45) is 1.82. The van der Waals surface area contributed by atoms with Crippen LogP contribution in [0.5, 0.6) is 11.5 Å². The van der Waals surface area contributed by atoms with Gasteiger partial charge in [0.15, 0.2) is 4.80 Å². The number of rotatable bonds is 9. The third kappa shape index (κ3) is 5.92. The van der Waals surface area contributed by atoms with E-state index in [0.29, 0.717) is 39.6 Å². The third-order valence-electron chi connectivity index (χ3n) is 6.43. The predicted octanol–water partition coefficient (Wildman–Crippen LogP) is 4.56. The van der Waals surface area contributed by atoms with Gasteiger partial charge in [-0.15, -0.1) is 0 Å². The molecule has 0 radical (unpaired) electrons. The second-order valence-corrected chi connectivity index (χ2v) is 10.3. The number of aryl methyl sites for hydroxylation is 1. The normalized spacial score (nSPS) is 14.9. The number of esters is 1. The minimum Gasteiger partial charge on any atom is -0.490 e. The van der Waals surface area contributed by atoms with E-state index < -0.39 is 12.0 Å². The summed E-state index contributed by atoms with van der Waals surface area (Å²) in [6.45, 7) is 6.60. The van der Waals surface area contributed by atoms with Crippen LogP contribution in [0.15, 0.2) is 99.9 Å². The largest absolute Gasteiger partial charge is 0.490 e. The molecule has 8 heteroatoms. The molecule has 4 aromatic rings. The molecule has 7 nitrogen and oxygen atoms in total. The van der Waals surface area contributed by atoms with E-state index in [1.807, 2.05) is 91.9 Å². The van der Waals surface area contributed by atoms with Gasteiger partial charge in [-0.2, -0.15) is 0 Å². The number of ether oxygens (including phenoxy) is 3. The SMILES string of the molecule is CCOC(=O)C1=C(C)N=c2sc(=Cc3cccc(OCCOc4ccc(C)cc4)c3)c(=O)n2C1c1ccccc1. The summed E-state index contributed by atoms with van der Waals surface area (Å²) < 4.78 is 19.1. The Morgan fingerprint density at radius 1 is 0.950 bits per heavy atom. The van der Waals surface area contributed by atoms with Gasteiger partial charge in [-0.05, 0) is 62.2 Å². The zero-order chi connectivity index (χ0) is 28.1. The summed E-state index contributed by atoms with van der Waals surface area (Å²) in [6, 6.07) is 24.3. The maximum Gasteiger partial charge on any atom is 0.338 e. The summed E-state index contributed by atoms with van der Waals surface area (Å²) in [5, 5.41) is 0. The Balaban J connectivity index is 1.42. The third-order valence-corrected chi connectivity index (χ3v) is 7.41. The van der Waals surface area contributed by atoms with Gasteiger partial charge >= 0.3 is 5.97 Å². The Morgan fingerprint density at radius 2 is 1.68 bits per heavy atom. The van der Waals surface area contributed by atoms with Gasteiger partial charge < -0.3 is 14.2 Å². The van der Waals surface area contributed by atoms with Crippen molar-refractivity contribution in [1.29, 1.82) is 0 Å². The Bertz CT molecular complexity index is 1720. The lowest BCUT2D eigenvalue weighted by Crippen LogP contribution is -2.39. The van der Waals surface area contributed by atoms with Crippen LogP contribution in [-0.2, 0) is 9.53 Å². The second kappa shape index (κ2) is 12.2. The highest BCUT2D eigenvalue weighted by Crippen LogP contribution is 2.30. The van der Waals surface area contributed by atoms with Crippen LogP contribution in [0.3, 0.4) is 0 Å². The number of nitrogens with zero attached hydrogens (tertiary/aromatic N) is 2. The molecule has 0 bridgehead atoms. The van der Waals surface area contributed by atoms with Crippen LogP contribution in [0.4, 0.5) is 0 Å². The van der Waals surface area contributed by atoms with Gasteiger partial charge in [-0.3, -0.25) is 9.36 Å². The van der Waals surface area contributed by atoms with Crippen LogP contribution in [0.25, 0.3) is 6.08 Å². The Hall–Kier alpha value is -4.43. The zero-order valence-electron chi connectivity index (χ0n) is 22.6. The van der Waals surface area contributed by atoms with Gasteiger partial charge in [0.05, 0.1) is 28.5 Å². The van der Waals surface area contributed by atoms with Gasteiger partial charge in [-0.1, -0.05) is 71.5 Å². The molecule has 0 fully saturated rings. The standard InChI is InChI=1S/C32H30N2O5S/c1-4-37-31(36)28-22(3)33-32-34(29(28)24-10-6-5-7-11-24)30(35)27(40-32)20-23-9-8-12-26(19-23)39-18-17-38-25-15-13-21(2)14-16-25/h5-16,19-20,29H,4,17-18H2,1-3H3. The summed E-state index contributed by atoms with van der Waals surface area (Å²) in [5.41, 5.74) is 3.51. The van der Waals surface area contributed by atoms with Gasteiger partial charge in [0, 0.05) is 0 Å². The molecule has 2 heterocycles. The van der Waals surface area contributed by atoms with Gasteiger partial charge in [-0.25, -0.2) is 9.79 Å². The maximum atomic E-state index is 13.7. The molecular formula is C32H30N2O5S. The minimum absolute atomic E-state index is 0.218. The van der Waals surface area contributed by atoms with Crippen LogP contribution < -0.4 is 24.4 Å². The average molecular weight is 555 g/mol. The number of carbonyl (C=O) groups is 1. The number of benzene rings is 3. The molecular weight excluding hydrogens is 524 g/mol. The topological polar surface area (TPSA) is 79.1 Å². The fraction of sp³-hybridized carbons (Fsp3) is 0.219. The van der Waals surface area contributed by atoms with Crippen LogP contribution in [0, 0.1) is 6.92 Å². The summed E-state index contributed by atoms with van der Waals surface area (Å²) in [4.78, 5) is 31.9. The molecule has 204 valence electrons. The minimum atomic E-state index is -0.623. The van der Waals surface area contributed by atoms with Crippen LogP contribution in [0.2, 0.25) is 0 Å². The Labute approximate surface area is 236 Å². The number of hydrogen-bond donors (Lipinski definition) is 0. The molecule has 1 unspecified atom stereocenters.